The standard InChI is InChI=1S/C25H17N3/c26-18-25(22-7-5-21(6-8-22)24-11-15-28-16-12-24)17-19-1-3-20(4-2-19)23-9-13-27-14-10-23/h1-17H/b25-17-. The maximum atomic E-state index is 9.63. The molecule has 0 atom stereocenters. The van der Waals surface area contributed by atoms with Gasteiger partial charge in [0.1, 0.15) is 0 Å². The molecule has 2 aromatic carbocycles. The van der Waals surface area contributed by atoms with Gasteiger partial charge in [-0.15, -0.1) is 0 Å². The number of pyridine rings is 2. The molecule has 132 valence electrons. The third kappa shape index (κ3) is 3.87. The fraction of sp³-hybridized carbons (Fsp3) is 0. The van der Waals surface area contributed by atoms with Crippen LogP contribution in [0.3, 0.4) is 0 Å². The maximum absolute atomic E-state index is 9.63. The molecule has 3 heteroatoms. The molecular formula is C25H17N3. The van der Waals surface area contributed by atoms with Crippen LogP contribution in [0.4, 0.5) is 0 Å². The summed E-state index contributed by atoms with van der Waals surface area (Å²) < 4.78 is 0. The average molecular weight is 359 g/mol. The van der Waals surface area contributed by atoms with Gasteiger partial charge in [-0.05, 0) is 63.7 Å². The van der Waals surface area contributed by atoms with Crippen molar-refractivity contribution >= 4 is 11.6 Å². The number of benzene rings is 2. The van der Waals surface area contributed by atoms with E-state index in [1.165, 1.54) is 0 Å². The van der Waals surface area contributed by atoms with Crippen molar-refractivity contribution in [1.82, 2.24) is 9.97 Å². The molecule has 0 spiro atoms. The van der Waals surface area contributed by atoms with Crippen LogP contribution in [0.5, 0.6) is 0 Å². The summed E-state index contributed by atoms with van der Waals surface area (Å²) in [5, 5.41) is 9.63. The molecule has 0 aliphatic carbocycles. The topological polar surface area (TPSA) is 49.6 Å². The third-order valence-electron chi connectivity index (χ3n) is 4.57. The number of rotatable bonds is 4. The Labute approximate surface area is 164 Å². The lowest BCUT2D eigenvalue weighted by Gasteiger charge is -2.05. The molecule has 0 unspecified atom stereocenters. The summed E-state index contributed by atoms with van der Waals surface area (Å²) in [7, 11) is 0. The van der Waals surface area contributed by atoms with Crippen LogP contribution in [-0.2, 0) is 0 Å². The molecule has 0 saturated heterocycles. The molecule has 2 aromatic heterocycles. The normalized spacial score (nSPS) is 11.0. The minimum Gasteiger partial charge on any atom is -0.265 e. The Kier molecular flexibility index (Phi) is 5.04. The molecule has 0 amide bonds. The molecule has 0 aliphatic heterocycles. The Morgan fingerprint density at radius 1 is 0.607 bits per heavy atom. The summed E-state index contributed by atoms with van der Waals surface area (Å²) in [5.41, 5.74) is 6.99. The average Bonchev–Trinajstić information content (AvgIpc) is 2.79. The number of nitriles is 1. The molecule has 0 radical (unpaired) electrons. The Morgan fingerprint density at radius 2 is 1.04 bits per heavy atom. The fourth-order valence-corrected chi connectivity index (χ4v) is 3.05. The SMILES string of the molecule is N#C/C(=C/c1ccc(-c2ccncc2)cc1)c1ccc(-c2ccncc2)cc1. The van der Waals surface area contributed by atoms with Crippen LogP contribution in [0, 0.1) is 11.3 Å². The van der Waals surface area contributed by atoms with Gasteiger partial charge in [0.15, 0.2) is 0 Å². The molecule has 0 fully saturated rings. The predicted octanol–water partition coefficient (Wildman–Crippen LogP) is 5.87. The zero-order chi connectivity index (χ0) is 19.2. The van der Waals surface area contributed by atoms with Gasteiger partial charge in [0.2, 0.25) is 0 Å². The largest absolute Gasteiger partial charge is 0.265 e. The quantitative estimate of drug-likeness (QED) is 0.338. The molecule has 3 nitrogen and oxygen atoms in total. The third-order valence-corrected chi connectivity index (χ3v) is 4.57. The van der Waals surface area contributed by atoms with Crippen molar-refractivity contribution in [1.29, 1.82) is 5.26 Å². The summed E-state index contributed by atoms with van der Waals surface area (Å²) in [4.78, 5) is 8.10. The van der Waals surface area contributed by atoms with Gasteiger partial charge < -0.3 is 0 Å². The van der Waals surface area contributed by atoms with E-state index in [9.17, 15) is 5.26 Å². The summed E-state index contributed by atoms with van der Waals surface area (Å²) in [6.45, 7) is 0. The smallest absolute Gasteiger partial charge is 0.0998 e. The molecule has 2 heterocycles. The van der Waals surface area contributed by atoms with Crippen molar-refractivity contribution in [2.75, 3.05) is 0 Å². The van der Waals surface area contributed by atoms with Gasteiger partial charge in [-0.3, -0.25) is 9.97 Å². The first kappa shape index (κ1) is 17.4. The summed E-state index contributed by atoms with van der Waals surface area (Å²) >= 11 is 0. The maximum Gasteiger partial charge on any atom is 0.0998 e. The van der Waals surface area contributed by atoms with E-state index < -0.39 is 0 Å². The lowest BCUT2D eigenvalue weighted by atomic mass is 9.99. The lowest BCUT2D eigenvalue weighted by molar-refractivity contribution is 1.33. The van der Waals surface area contributed by atoms with Crippen LogP contribution in [0.25, 0.3) is 33.9 Å². The Balaban J connectivity index is 1.58. The van der Waals surface area contributed by atoms with Gasteiger partial charge in [-0.2, -0.15) is 5.26 Å². The van der Waals surface area contributed by atoms with Crippen LogP contribution in [-0.4, -0.2) is 9.97 Å². The highest BCUT2D eigenvalue weighted by Crippen LogP contribution is 2.24. The zero-order valence-electron chi connectivity index (χ0n) is 15.2. The van der Waals surface area contributed by atoms with Crippen molar-refractivity contribution in [2.24, 2.45) is 0 Å². The van der Waals surface area contributed by atoms with Crippen LogP contribution in [0.2, 0.25) is 0 Å². The van der Waals surface area contributed by atoms with Gasteiger partial charge in [-0.1, -0.05) is 48.5 Å². The highest BCUT2D eigenvalue weighted by atomic mass is 14.6. The summed E-state index contributed by atoms with van der Waals surface area (Å²) in [6.07, 6.45) is 9.04. The monoisotopic (exact) mass is 359 g/mol. The fourth-order valence-electron chi connectivity index (χ4n) is 3.05. The van der Waals surface area contributed by atoms with Gasteiger partial charge >= 0.3 is 0 Å². The van der Waals surface area contributed by atoms with Gasteiger partial charge in [0, 0.05) is 24.8 Å². The van der Waals surface area contributed by atoms with E-state index in [2.05, 4.69) is 28.2 Å². The number of nitrogens with zero attached hydrogens (tertiary/aromatic N) is 3. The Hall–Kier alpha value is -4.03. The van der Waals surface area contributed by atoms with Gasteiger partial charge in [0.05, 0.1) is 11.6 Å². The second kappa shape index (κ2) is 8.11. The number of hydrogen-bond acceptors (Lipinski definition) is 3. The lowest BCUT2D eigenvalue weighted by Crippen LogP contribution is -1.84. The minimum absolute atomic E-state index is 0.637. The van der Waals surface area contributed by atoms with E-state index in [4.69, 9.17) is 0 Å². The molecule has 4 aromatic rings. The van der Waals surface area contributed by atoms with E-state index >= 15 is 0 Å². The van der Waals surface area contributed by atoms with Gasteiger partial charge in [-0.25, -0.2) is 0 Å². The van der Waals surface area contributed by atoms with Crippen LogP contribution in [0.15, 0.2) is 97.6 Å². The van der Waals surface area contributed by atoms with Crippen LogP contribution >= 0.6 is 0 Å². The van der Waals surface area contributed by atoms with Crippen molar-refractivity contribution in [3.05, 3.63) is 109 Å². The van der Waals surface area contributed by atoms with Crippen molar-refractivity contribution < 1.29 is 0 Å². The number of hydrogen-bond donors (Lipinski definition) is 0. The molecule has 0 aliphatic rings. The highest BCUT2D eigenvalue weighted by molar-refractivity contribution is 5.90. The highest BCUT2D eigenvalue weighted by Gasteiger charge is 2.04. The Bertz CT molecular complexity index is 1120. The molecular weight excluding hydrogens is 342 g/mol. The number of aromatic nitrogens is 2. The first-order valence-electron chi connectivity index (χ1n) is 8.96. The first-order chi connectivity index (χ1) is 13.8. The molecule has 0 saturated carbocycles. The van der Waals surface area contributed by atoms with E-state index in [0.717, 1.165) is 33.4 Å². The van der Waals surface area contributed by atoms with Crippen LogP contribution in [0.1, 0.15) is 11.1 Å². The van der Waals surface area contributed by atoms with Crippen LogP contribution < -0.4 is 0 Å². The van der Waals surface area contributed by atoms with E-state index in [1.807, 2.05) is 66.7 Å². The van der Waals surface area contributed by atoms with E-state index in [-0.39, 0.29) is 0 Å². The molecule has 4 rings (SSSR count). The first-order valence-corrected chi connectivity index (χ1v) is 8.96. The Morgan fingerprint density at radius 3 is 1.50 bits per heavy atom. The van der Waals surface area contributed by atoms with Crippen molar-refractivity contribution in [3.63, 3.8) is 0 Å². The van der Waals surface area contributed by atoms with Gasteiger partial charge in [0.25, 0.3) is 0 Å². The molecule has 0 N–H and O–H groups in total. The summed E-state index contributed by atoms with van der Waals surface area (Å²) in [5.74, 6) is 0. The van der Waals surface area contributed by atoms with E-state index in [0.29, 0.717) is 5.57 Å². The number of allylic oxidation sites excluding steroid dienone is 1. The van der Waals surface area contributed by atoms with Crippen molar-refractivity contribution in [2.45, 2.75) is 0 Å². The van der Waals surface area contributed by atoms with Crippen molar-refractivity contribution in [3.8, 4) is 28.3 Å². The predicted molar refractivity (Wildman–Crippen MR) is 113 cm³/mol. The minimum atomic E-state index is 0.637. The summed E-state index contributed by atoms with van der Waals surface area (Å²) in [6, 6.07) is 26.4. The molecule has 0 bridgehead atoms. The zero-order valence-corrected chi connectivity index (χ0v) is 15.2. The second-order valence-corrected chi connectivity index (χ2v) is 6.34. The second-order valence-electron chi connectivity index (χ2n) is 6.34. The van der Waals surface area contributed by atoms with E-state index in [1.54, 1.807) is 24.8 Å². The molecule has 28 heavy (non-hydrogen) atoms.